The molecule has 1 aliphatic rings. The number of benzene rings is 1. The van der Waals surface area contributed by atoms with Crippen molar-refractivity contribution in [3.05, 3.63) is 17.2 Å². The zero-order valence-electron chi connectivity index (χ0n) is 12.7. The van der Waals surface area contributed by atoms with Crippen molar-refractivity contribution < 1.29 is 5.11 Å². The van der Waals surface area contributed by atoms with Crippen LogP contribution in [0.3, 0.4) is 0 Å². The molecule has 1 aliphatic heterocycles. The molecule has 1 heterocycles. The van der Waals surface area contributed by atoms with E-state index in [1.54, 1.807) is 11.8 Å². The van der Waals surface area contributed by atoms with Crippen LogP contribution in [-0.2, 0) is 10.8 Å². The monoisotopic (exact) mass is 277 g/mol. The van der Waals surface area contributed by atoms with E-state index in [2.05, 4.69) is 52.6 Å². The highest BCUT2D eigenvalue weighted by Gasteiger charge is 2.29. The molecule has 0 spiro atoms. The molecule has 19 heavy (non-hydrogen) atoms. The standard InChI is InChI=1S/C16H23NOS/c1-15(2,3)10-9-11(16(4,5)6)14-12(13(10)18)17-7-8-19-14/h7,9,18H,8H2,1-6H3. The van der Waals surface area contributed by atoms with Crippen LogP contribution >= 0.6 is 11.8 Å². The highest BCUT2D eigenvalue weighted by molar-refractivity contribution is 8.00. The second-order valence-corrected chi connectivity index (χ2v) is 8.15. The van der Waals surface area contributed by atoms with Crippen molar-refractivity contribution >= 4 is 23.7 Å². The summed E-state index contributed by atoms with van der Waals surface area (Å²) in [7, 11) is 0. The second-order valence-electron chi connectivity index (χ2n) is 7.12. The molecule has 0 amide bonds. The van der Waals surface area contributed by atoms with E-state index in [1.165, 1.54) is 5.56 Å². The van der Waals surface area contributed by atoms with Gasteiger partial charge in [0.15, 0.2) is 0 Å². The number of aliphatic imine (C=N–C) groups is 1. The highest BCUT2D eigenvalue weighted by Crippen LogP contribution is 2.49. The average Bonchev–Trinajstić information content (AvgIpc) is 2.26. The van der Waals surface area contributed by atoms with E-state index >= 15 is 0 Å². The van der Waals surface area contributed by atoms with Gasteiger partial charge in [-0.25, -0.2) is 0 Å². The Bertz CT molecular complexity index is 533. The van der Waals surface area contributed by atoms with Crippen molar-refractivity contribution in [1.82, 2.24) is 0 Å². The third-order valence-corrected chi connectivity index (χ3v) is 4.38. The van der Waals surface area contributed by atoms with Crippen LogP contribution in [0.1, 0.15) is 52.7 Å². The quantitative estimate of drug-likeness (QED) is 0.739. The summed E-state index contributed by atoms with van der Waals surface area (Å²) in [6, 6.07) is 2.17. The average molecular weight is 277 g/mol. The molecule has 0 saturated carbocycles. The highest BCUT2D eigenvalue weighted by atomic mass is 32.2. The lowest BCUT2D eigenvalue weighted by atomic mass is 9.79. The number of thioether (sulfide) groups is 1. The number of phenols is 1. The molecule has 1 aromatic carbocycles. The Morgan fingerprint density at radius 3 is 2.16 bits per heavy atom. The van der Waals surface area contributed by atoms with Crippen LogP contribution in [0.25, 0.3) is 0 Å². The first kappa shape index (κ1) is 14.4. The molecule has 104 valence electrons. The summed E-state index contributed by atoms with van der Waals surface area (Å²) in [5.41, 5.74) is 2.99. The topological polar surface area (TPSA) is 32.6 Å². The summed E-state index contributed by atoms with van der Waals surface area (Å²) in [6.07, 6.45) is 1.88. The van der Waals surface area contributed by atoms with Crippen LogP contribution in [0.4, 0.5) is 5.69 Å². The van der Waals surface area contributed by atoms with Gasteiger partial charge in [-0.2, -0.15) is 0 Å². The van der Waals surface area contributed by atoms with E-state index in [0.29, 0.717) is 5.75 Å². The minimum Gasteiger partial charge on any atom is -0.505 e. The summed E-state index contributed by atoms with van der Waals surface area (Å²) in [4.78, 5) is 5.58. The first-order valence-corrected chi connectivity index (χ1v) is 7.67. The van der Waals surface area contributed by atoms with Crippen LogP contribution in [-0.4, -0.2) is 17.1 Å². The molecule has 0 atom stereocenters. The molecule has 1 aromatic rings. The van der Waals surface area contributed by atoms with Crippen LogP contribution < -0.4 is 0 Å². The van der Waals surface area contributed by atoms with E-state index in [0.717, 1.165) is 21.9 Å². The third kappa shape index (κ3) is 2.66. The van der Waals surface area contributed by atoms with Gasteiger partial charge in [-0.1, -0.05) is 41.5 Å². The predicted molar refractivity (Wildman–Crippen MR) is 84.4 cm³/mol. The fourth-order valence-corrected chi connectivity index (χ4v) is 3.41. The Hall–Kier alpha value is -0.960. The SMILES string of the molecule is CC(C)(C)c1cc(C(C)(C)C)c2c(c1O)N=CCS2. The second kappa shape index (κ2) is 4.55. The molecule has 0 unspecified atom stereocenters. The molecule has 2 rings (SSSR count). The van der Waals surface area contributed by atoms with Gasteiger partial charge in [0.05, 0.1) is 0 Å². The Morgan fingerprint density at radius 2 is 1.63 bits per heavy atom. The number of phenolic OH excluding ortho intramolecular Hbond substituents is 1. The molecule has 0 saturated heterocycles. The number of nitrogens with zero attached hydrogens (tertiary/aromatic N) is 1. The van der Waals surface area contributed by atoms with E-state index < -0.39 is 0 Å². The third-order valence-electron chi connectivity index (χ3n) is 3.37. The Morgan fingerprint density at radius 1 is 1.05 bits per heavy atom. The van der Waals surface area contributed by atoms with Crippen LogP contribution in [0.2, 0.25) is 0 Å². The van der Waals surface area contributed by atoms with Gasteiger partial charge in [0, 0.05) is 22.4 Å². The molecule has 0 bridgehead atoms. The fraction of sp³-hybridized carbons (Fsp3) is 0.562. The van der Waals surface area contributed by atoms with Gasteiger partial charge < -0.3 is 5.11 Å². The van der Waals surface area contributed by atoms with Gasteiger partial charge in [0.25, 0.3) is 0 Å². The lowest BCUT2D eigenvalue weighted by Crippen LogP contribution is -2.18. The Balaban J connectivity index is 2.79. The molecule has 1 N–H and O–H groups in total. The fourth-order valence-electron chi connectivity index (χ4n) is 2.28. The first-order chi connectivity index (χ1) is 8.62. The zero-order chi connectivity index (χ0) is 14.4. The molecule has 3 heteroatoms. The largest absolute Gasteiger partial charge is 0.505 e. The van der Waals surface area contributed by atoms with Crippen molar-refractivity contribution in [3.8, 4) is 5.75 Å². The minimum atomic E-state index is -0.0866. The van der Waals surface area contributed by atoms with Crippen molar-refractivity contribution in [2.45, 2.75) is 57.3 Å². The molecule has 0 radical (unpaired) electrons. The molecular formula is C16H23NOS. The normalized spacial score (nSPS) is 15.5. The zero-order valence-corrected chi connectivity index (χ0v) is 13.5. The summed E-state index contributed by atoms with van der Waals surface area (Å²) >= 11 is 1.77. The van der Waals surface area contributed by atoms with E-state index in [-0.39, 0.29) is 10.8 Å². The Labute approximate surface area is 120 Å². The number of rotatable bonds is 0. The van der Waals surface area contributed by atoms with Gasteiger partial charge in [-0.15, -0.1) is 11.8 Å². The number of fused-ring (bicyclic) bond motifs is 1. The lowest BCUT2D eigenvalue weighted by molar-refractivity contribution is 0.444. The predicted octanol–water partition coefficient (Wildman–Crippen LogP) is 4.80. The van der Waals surface area contributed by atoms with Crippen LogP contribution in [0.15, 0.2) is 16.0 Å². The molecule has 0 aliphatic carbocycles. The van der Waals surface area contributed by atoms with Crippen LogP contribution in [0, 0.1) is 0 Å². The smallest absolute Gasteiger partial charge is 0.146 e. The first-order valence-electron chi connectivity index (χ1n) is 6.68. The Kier molecular flexibility index (Phi) is 3.46. The molecule has 2 nitrogen and oxygen atoms in total. The van der Waals surface area contributed by atoms with Gasteiger partial charge >= 0.3 is 0 Å². The molecule has 0 aromatic heterocycles. The van der Waals surface area contributed by atoms with E-state index in [4.69, 9.17) is 0 Å². The number of hydrogen-bond donors (Lipinski definition) is 1. The summed E-state index contributed by atoms with van der Waals surface area (Å²) in [5, 5.41) is 10.5. The van der Waals surface area contributed by atoms with Crippen molar-refractivity contribution in [1.29, 1.82) is 0 Å². The van der Waals surface area contributed by atoms with Crippen LogP contribution in [0.5, 0.6) is 5.75 Å². The van der Waals surface area contributed by atoms with Crippen molar-refractivity contribution in [2.24, 2.45) is 4.99 Å². The minimum absolute atomic E-state index is 0.0532. The summed E-state index contributed by atoms with van der Waals surface area (Å²) in [5.74, 6) is 1.23. The maximum atomic E-state index is 10.5. The molecule has 0 fully saturated rings. The maximum absolute atomic E-state index is 10.5. The molecular weight excluding hydrogens is 254 g/mol. The summed E-state index contributed by atoms with van der Waals surface area (Å²) < 4.78 is 0. The van der Waals surface area contributed by atoms with Crippen molar-refractivity contribution in [3.63, 3.8) is 0 Å². The summed E-state index contributed by atoms with van der Waals surface area (Å²) in [6.45, 7) is 13.0. The van der Waals surface area contributed by atoms with Gasteiger partial charge in [0.1, 0.15) is 11.4 Å². The van der Waals surface area contributed by atoms with Gasteiger partial charge in [0.2, 0.25) is 0 Å². The van der Waals surface area contributed by atoms with Gasteiger partial charge in [-0.05, 0) is 22.5 Å². The van der Waals surface area contributed by atoms with Gasteiger partial charge in [-0.3, -0.25) is 4.99 Å². The number of hydrogen-bond acceptors (Lipinski definition) is 3. The maximum Gasteiger partial charge on any atom is 0.146 e. The van der Waals surface area contributed by atoms with E-state index in [1.807, 2.05) is 6.21 Å². The number of aromatic hydroxyl groups is 1. The van der Waals surface area contributed by atoms with E-state index in [9.17, 15) is 5.11 Å². The van der Waals surface area contributed by atoms with Crippen molar-refractivity contribution in [2.75, 3.05) is 5.75 Å². The lowest BCUT2D eigenvalue weighted by Gasteiger charge is -2.30.